The van der Waals surface area contributed by atoms with Crippen molar-refractivity contribution in [3.63, 3.8) is 0 Å². The molecule has 1 aromatic carbocycles. The summed E-state index contributed by atoms with van der Waals surface area (Å²) in [5.74, 6) is -0.0852. The zero-order chi connectivity index (χ0) is 24.0. The number of thiophene rings is 1. The maximum absolute atomic E-state index is 13.9. The molecule has 5 nitrogen and oxygen atoms in total. The van der Waals surface area contributed by atoms with Crippen molar-refractivity contribution in [3.05, 3.63) is 50.6 Å². The van der Waals surface area contributed by atoms with Crippen molar-refractivity contribution in [1.29, 1.82) is 0 Å². The maximum Gasteiger partial charge on any atom is 0.418 e. The number of halogens is 3. The van der Waals surface area contributed by atoms with Crippen LogP contribution >= 0.6 is 23.1 Å². The molecule has 1 saturated heterocycles. The summed E-state index contributed by atoms with van der Waals surface area (Å²) in [5.41, 5.74) is -0.736. The summed E-state index contributed by atoms with van der Waals surface area (Å²) in [6, 6.07) is 5.07. The minimum absolute atomic E-state index is 0.0852. The number of nitrogens with zero attached hydrogens (tertiary/aromatic N) is 3. The average Bonchev–Trinajstić information content (AvgIpc) is 3.46. The molecule has 1 atom stereocenters. The number of thioether (sulfide) groups is 1. The van der Waals surface area contributed by atoms with Crippen LogP contribution in [0.5, 0.6) is 0 Å². The summed E-state index contributed by atoms with van der Waals surface area (Å²) in [4.78, 5) is 34.9. The normalized spacial score (nSPS) is 17.2. The predicted octanol–water partition coefficient (Wildman–Crippen LogP) is 5.45. The van der Waals surface area contributed by atoms with Gasteiger partial charge in [0.1, 0.15) is 4.83 Å². The lowest BCUT2D eigenvalue weighted by atomic mass is 9.97. The molecule has 1 fully saturated rings. The Morgan fingerprint density at radius 3 is 2.56 bits per heavy atom. The number of para-hydroxylation sites is 1. The number of amides is 1. The van der Waals surface area contributed by atoms with Crippen molar-refractivity contribution < 1.29 is 18.0 Å². The number of carbonyl (C=O) groups is 1. The monoisotopic (exact) mass is 507 g/mol. The smallest absolute Gasteiger partial charge is 0.342 e. The molecule has 1 aliphatic heterocycles. The van der Waals surface area contributed by atoms with Crippen LogP contribution in [0.2, 0.25) is 0 Å². The Balaban J connectivity index is 1.70. The van der Waals surface area contributed by atoms with Crippen molar-refractivity contribution in [1.82, 2.24) is 14.5 Å². The number of hydrogen-bond acceptors (Lipinski definition) is 5. The van der Waals surface area contributed by atoms with E-state index in [1.54, 1.807) is 11.8 Å². The Hall–Kier alpha value is -2.33. The van der Waals surface area contributed by atoms with Crippen LogP contribution in [-0.2, 0) is 23.8 Å². The fourth-order valence-electron chi connectivity index (χ4n) is 4.79. The van der Waals surface area contributed by atoms with Gasteiger partial charge in [0.15, 0.2) is 5.16 Å². The number of rotatable bonds is 4. The molecule has 0 radical (unpaired) electrons. The van der Waals surface area contributed by atoms with Crippen molar-refractivity contribution in [2.24, 2.45) is 0 Å². The number of likely N-dealkylation sites (tertiary alicyclic amines) is 1. The number of alkyl halides is 3. The van der Waals surface area contributed by atoms with Crippen LogP contribution in [-0.4, -0.2) is 38.7 Å². The van der Waals surface area contributed by atoms with Gasteiger partial charge in [0, 0.05) is 18.0 Å². The molecule has 1 aliphatic carbocycles. The summed E-state index contributed by atoms with van der Waals surface area (Å²) in [5, 5.41) is -0.0475. The van der Waals surface area contributed by atoms with Crippen molar-refractivity contribution >= 4 is 39.2 Å². The largest absolute Gasteiger partial charge is 0.418 e. The van der Waals surface area contributed by atoms with Crippen LogP contribution in [0, 0.1) is 0 Å². The summed E-state index contributed by atoms with van der Waals surface area (Å²) in [6.07, 6.45) is 0.779. The molecule has 0 saturated carbocycles. The molecule has 0 spiro atoms. The second-order valence-corrected chi connectivity index (χ2v) is 11.1. The highest BCUT2D eigenvalue weighted by atomic mass is 32.2. The van der Waals surface area contributed by atoms with Crippen LogP contribution in [0.3, 0.4) is 0 Å². The summed E-state index contributed by atoms with van der Waals surface area (Å²) >= 11 is 2.50. The molecule has 0 unspecified atom stereocenters. The number of carbonyl (C=O) groups excluding carboxylic acids is 1. The van der Waals surface area contributed by atoms with Crippen LogP contribution in [0.15, 0.2) is 34.2 Å². The Labute approximate surface area is 203 Å². The zero-order valence-electron chi connectivity index (χ0n) is 18.7. The van der Waals surface area contributed by atoms with E-state index in [9.17, 15) is 22.8 Å². The van der Waals surface area contributed by atoms with Crippen LogP contribution < -0.4 is 5.56 Å². The van der Waals surface area contributed by atoms with Crippen LogP contribution in [0.4, 0.5) is 13.2 Å². The number of aromatic nitrogens is 2. The minimum Gasteiger partial charge on any atom is -0.342 e. The molecule has 3 heterocycles. The predicted molar refractivity (Wildman–Crippen MR) is 128 cm³/mol. The van der Waals surface area contributed by atoms with Crippen molar-refractivity contribution in [2.75, 3.05) is 13.1 Å². The third kappa shape index (κ3) is 4.15. The first-order chi connectivity index (χ1) is 16.3. The SMILES string of the molecule is C[C@H](Sc1nc2sc3c(c2c(=O)n1-c1ccccc1C(F)(F)F)CCCC3)C(=O)N1CCCC1. The van der Waals surface area contributed by atoms with E-state index in [4.69, 9.17) is 4.98 Å². The second kappa shape index (κ2) is 9.03. The van der Waals surface area contributed by atoms with Gasteiger partial charge in [-0.05, 0) is 63.1 Å². The second-order valence-electron chi connectivity index (χ2n) is 8.73. The third-order valence-corrected chi connectivity index (χ3v) is 8.68. The number of benzene rings is 1. The number of fused-ring (bicyclic) bond motifs is 3. The highest BCUT2D eigenvalue weighted by Gasteiger charge is 2.36. The van der Waals surface area contributed by atoms with Crippen molar-refractivity contribution in [2.45, 2.75) is 62.0 Å². The van der Waals surface area contributed by atoms with Crippen LogP contribution in [0.25, 0.3) is 15.9 Å². The van der Waals surface area contributed by atoms with Gasteiger partial charge in [0.25, 0.3) is 5.56 Å². The molecule has 2 aliphatic rings. The van der Waals surface area contributed by atoms with Gasteiger partial charge in [-0.2, -0.15) is 13.2 Å². The molecule has 0 N–H and O–H groups in total. The van der Waals surface area contributed by atoms with Gasteiger partial charge in [0.05, 0.1) is 21.9 Å². The van der Waals surface area contributed by atoms with Gasteiger partial charge in [-0.25, -0.2) is 4.98 Å². The lowest BCUT2D eigenvalue weighted by Gasteiger charge is -2.22. The average molecular weight is 508 g/mol. The van der Waals surface area contributed by atoms with Gasteiger partial charge >= 0.3 is 6.18 Å². The van der Waals surface area contributed by atoms with Gasteiger partial charge in [-0.15, -0.1) is 11.3 Å². The molecule has 34 heavy (non-hydrogen) atoms. The molecule has 10 heteroatoms. The van der Waals surface area contributed by atoms with E-state index < -0.39 is 22.5 Å². The Morgan fingerprint density at radius 2 is 1.82 bits per heavy atom. The molecule has 1 amide bonds. The van der Waals surface area contributed by atoms with Gasteiger partial charge in [-0.1, -0.05) is 23.9 Å². The summed E-state index contributed by atoms with van der Waals surface area (Å²) < 4.78 is 42.8. The highest BCUT2D eigenvalue weighted by Crippen LogP contribution is 2.38. The third-order valence-electron chi connectivity index (χ3n) is 6.46. The quantitative estimate of drug-likeness (QED) is 0.348. The number of hydrogen-bond donors (Lipinski definition) is 0. The lowest BCUT2D eigenvalue weighted by molar-refractivity contribution is -0.137. The van der Waals surface area contributed by atoms with Crippen molar-refractivity contribution in [3.8, 4) is 5.69 Å². The first-order valence-electron chi connectivity index (χ1n) is 11.4. The first-order valence-corrected chi connectivity index (χ1v) is 13.1. The lowest BCUT2D eigenvalue weighted by Crippen LogP contribution is -2.34. The molecule has 2 aromatic heterocycles. The Kier molecular flexibility index (Phi) is 6.22. The van der Waals surface area contributed by atoms with E-state index in [0.717, 1.165) is 71.4 Å². The standard InChI is InChI=1S/C24H24F3N3O2S2/c1-14(21(31)29-12-6-7-13-29)33-23-28-20-19(15-8-2-5-11-18(15)34-20)22(32)30(23)17-10-4-3-9-16(17)24(25,26)27/h3-4,9-10,14H,2,5-8,11-13H2,1H3/t14-/m0/s1. The molecular formula is C24H24F3N3O2S2. The highest BCUT2D eigenvalue weighted by molar-refractivity contribution is 8.00. The van der Waals surface area contributed by atoms with Gasteiger partial charge in [0.2, 0.25) is 5.91 Å². The van der Waals surface area contributed by atoms with E-state index >= 15 is 0 Å². The van der Waals surface area contributed by atoms with E-state index in [2.05, 4.69) is 0 Å². The van der Waals surface area contributed by atoms with E-state index in [1.807, 2.05) is 0 Å². The van der Waals surface area contributed by atoms with Gasteiger partial charge in [-0.3, -0.25) is 14.2 Å². The molecule has 180 valence electrons. The van der Waals surface area contributed by atoms with E-state index in [0.29, 0.717) is 23.3 Å². The van der Waals surface area contributed by atoms with Gasteiger partial charge < -0.3 is 4.90 Å². The first kappa shape index (κ1) is 23.4. The minimum atomic E-state index is -4.64. The zero-order valence-corrected chi connectivity index (χ0v) is 20.3. The fourth-order valence-corrected chi connectivity index (χ4v) is 7.10. The Bertz CT molecular complexity index is 1310. The Morgan fingerprint density at radius 1 is 1.12 bits per heavy atom. The van der Waals surface area contributed by atoms with E-state index in [1.165, 1.54) is 29.5 Å². The summed E-state index contributed by atoms with van der Waals surface area (Å²) in [6.45, 7) is 3.08. The molecule has 0 bridgehead atoms. The fraction of sp³-hybridized carbons (Fsp3) is 0.458. The molecular weight excluding hydrogens is 483 g/mol. The summed E-state index contributed by atoms with van der Waals surface area (Å²) in [7, 11) is 0. The van der Waals surface area contributed by atoms with E-state index in [-0.39, 0.29) is 16.8 Å². The number of aryl methyl sites for hydroxylation is 2. The molecule has 5 rings (SSSR count). The molecule has 3 aromatic rings. The maximum atomic E-state index is 13.9. The van der Waals surface area contributed by atoms with Crippen LogP contribution in [0.1, 0.15) is 48.6 Å². The topological polar surface area (TPSA) is 55.2 Å².